The molecule has 0 rings (SSSR count). The van der Waals surface area contributed by atoms with Gasteiger partial charge in [0.2, 0.25) is 0 Å². The molecular formula is C8H12O4. The van der Waals surface area contributed by atoms with Crippen LogP contribution in [0.4, 0.5) is 0 Å². The van der Waals surface area contributed by atoms with Crippen molar-refractivity contribution in [2.45, 2.75) is 0 Å². The zero-order valence-electron chi connectivity index (χ0n) is 6.78. The maximum atomic E-state index is 10.2. The predicted octanol–water partition coefficient (Wildman–Crippen LogP) is 0.804. The van der Waals surface area contributed by atoms with Crippen LogP contribution in [-0.2, 0) is 14.3 Å². The molecule has 12 heavy (non-hydrogen) atoms. The van der Waals surface area contributed by atoms with E-state index < -0.39 is 5.97 Å². The monoisotopic (exact) mass is 172 g/mol. The zero-order chi connectivity index (χ0) is 9.40. The van der Waals surface area contributed by atoms with Gasteiger partial charge in [-0.05, 0) is 0 Å². The van der Waals surface area contributed by atoms with E-state index in [2.05, 4.69) is 13.2 Å². The highest BCUT2D eigenvalue weighted by Gasteiger charge is 2.02. The molecule has 0 amide bonds. The molecule has 0 aromatic rings. The first-order chi connectivity index (χ1) is 5.68. The first kappa shape index (κ1) is 10.7. The Morgan fingerprint density at radius 1 is 1.50 bits per heavy atom. The second kappa shape index (κ2) is 6.42. The molecule has 0 aliphatic carbocycles. The van der Waals surface area contributed by atoms with Gasteiger partial charge in [-0.25, -0.2) is 4.79 Å². The minimum absolute atomic E-state index is 0.0236. The summed E-state index contributed by atoms with van der Waals surface area (Å²) >= 11 is 0. The molecule has 0 atom stereocenters. The number of carbonyl (C=O) groups is 1. The Morgan fingerprint density at radius 3 is 2.67 bits per heavy atom. The number of aliphatic carboxylic acids is 1. The Labute approximate surface area is 71.1 Å². The average molecular weight is 172 g/mol. The van der Waals surface area contributed by atoms with Crippen molar-refractivity contribution in [2.24, 2.45) is 0 Å². The highest BCUT2D eigenvalue weighted by atomic mass is 16.5. The van der Waals surface area contributed by atoms with Gasteiger partial charge >= 0.3 is 5.97 Å². The van der Waals surface area contributed by atoms with E-state index in [1.165, 1.54) is 6.26 Å². The lowest BCUT2D eigenvalue weighted by Crippen LogP contribution is -2.09. The van der Waals surface area contributed by atoms with Crippen molar-refractivity contribution in [3.05, 3.63) is 25.0 Å². The number of hydrogen-bond acceptors (Lipinski definition) is 3. The molecular weight excluding hydrogens is 160 g/mol. The summed E-state index contributed by atoms with van der Waals surface area (Å²) in [6.07, 6.45) is 1.30. The first-order valence-electron chi connectivity index (χ1n) is 3.39. The summed E-state index contributed by atoms with van der Waals surface area (Å²) < 4.78 is 9.64. The molecule has 0 unspecified atom stereocenters. The predicted molar refractivity (Wildman–Crippen MR) is 43.7 cm³/mol. The second-order valence-electron chi connectivity index (χ2n) is 2.00. The lowest BCUT2D eigenvalue weighted by Gasteiger charge is -2.02. The Kier molecular flexibility index (Phi) is 5.73. The Morgan fingerprint density at radius 2 is 2.17 bits per heavy atom. The normalized spacial score (nSPS) is 9.00. The lowest BCUT2D eigenvalue weighted by molar-refractivity contribution is -0.133. The molecule has 0 radical (unpaired) electrons. The molecule has 0 aliphatic rings. The van der Waals surface area contributed by atoms with Crippen LogP contribution in [0.15, 0.2) is 25.0 Å². The number of carboxylic acid groups (broad SMARTS) is 1. The van der Waals surface area contributed by atoms with Crippen molar-refractivity contribution >= 4 is 5.97 Å². The summed E-state index contributed by atoms with van der Waals surface area (Å²) in [5, 5.41) is 8.36. The van der Waals surface area contributed by atoms with E-state index >= 15 is 0 Å². The van der Waals surface area contributed by atoms with E-state index in [1.54, 1.807) is 0 Å². The van der Waals surface area contributed by atoms with Gasteiger partial charge in [-0.15, -0.1) is 0 Å². The van der Waals surface area contributed by atoms with Crippen LogP contribution in [0.1, 0.15) is 0 Å². The van der Waals surface area contributed by atoms with Crippen LogP contribution in [0.5, 0.6) is 0 Å². The molecule has 0 aromatic carbocycles. The van der Waals surface area contributed by atoms with Gasteiger partial charge in [0.05, 0.1) is 25.0 Å². The molecule has 0 aromatic heterocycles. The third-order valence-electron chi connectivity index (χ3n) is 1.04. The van der Waals surface area contributed by atoms with Crippen molar-refractivity contribution in [2.75, 3.05) is 19.8 Å². The molecule has 0 fully saturated rings. The van der Waals surface area contributed by atoms with E-state index in [0.717, 1.165) is 0 Å². The zero-order valence-corrected chi connectivity index (χ0v) is 6.78. The number of carboxylic acids is 1. The molecule has 0 bridgehead atoms. The molecule has 0 heterocycles. The van der Waals surface area contributed by atoms with Gasteiger partial charge in [0.15, 0.2) is 0 Å². The van der Waals surface area contributed by atoms with Gasteiger partial charge in [-0.2, -0.15) is 0 Å². The summed E-state index contributed by atoms with van der Waals surface area (Å²) in [5.74, 6) is -1.04. The summed E-state index contributed by atoms with van der Waals surface area (Å²) in [5.41, 5.74) is 0.0357. The fraction of sp³-hybridized carbons (Fsp3) is 0.375. The van der Waals surface area contributed by atoms with Crippen molar-refractivity contribution in [1.82, 2.24) is 0 Å². The smallest absolute Gasteiger partial charge is 0.333 e. The average Bonchev–Trinajstić information content (AvgIpc) is 2.03. The summed E-state index contributed by atoms with van der Waals surface area (Å²) in [7, 11) is 0. The molecule has 0 spiro atoms. The number of hydrogen-bond donors (Lipinski definition) is 1. The molecule has 0 saturated heterocycles. The van der Waals surface area contributed by atoms with Crippen LogP contribution in [-0.4, -0.2) is 30.9 Å². The van der Waals surface area contributed by atoms with Gasteiger partial charge in [0.1, 0.15) is 6.61 Å². The van der Waals surface area contributed by atoms with Crippen LogP contribution in [0.2, 0.25) is 0 Å². The highest BCUT2D eigenvalue weighted by molar-refractivity contribution is 5.85. The summed E-state index contributed by atoms with van der Waals surface area (Å²) in [6.45, 7) is 7.35. The fourth-order valence-corrected chi connectivity index (χ4v) is 0.447. The van der Waals surface area contributed by atoms with Gasteiger partial charge in [0.25, 0.3) is 0 Å². The van der Waals surface area contributed by atoms with Crippen LogP contribution in [0.25, 0.3) is 0 Å². The maximum Gasteiger partial charge on any atom is 0.333 e. The maximum absolute atomic E-state index is 10.2. The molecule has 4 heteroatoms. The third-order valence-corrected chi connectivity index (χ3v) is 1.04. The first-order valence-corrected chi connectivity index (χ1v) is 3.39. The molecule has 0 aliphatic heterocycles. The second-order valence-corrected chi connectivity index (χ2v) is 2.00. The minimum Gasteiger partial charge on any atom is -0.499 e. The van der Waals surface area contributed by atoms with E-state index in [4.69, 9.17) is 14.6 Å². The van der Waals surface area contributed by atoms with Crippen LogP contribution < -0.4 is 0 Å². The van der Waals surface area contributed by atoms with E-state index in [9.17, 15) is 4.79 Å². The molecule has 1 N–H and O–H groups in total. The summed E-state index contributed by atoms with van der Waals surface area (Å²) in [4.78, 5) is 10.2. The van der Waals surface area contributed by atoms with Crippen molar-refractivity contribution < 1.29 is 19.4 Å². The van der Waals surface area contributed by atoms with E-state index in [0.29, 0.717) is 13.2 Å². The van der Waals surface area contributed by atoms with E-state index in [1.807, 2.05) is 0 Å². The third kappa shape index (κ3) is 5.49. The lowest BCUT2D eigenvalue weighted by atomic mass is 10.3. The molecule has 0 saturated carbocycles. The van der Waals surface area contributed by atoms with Crippen molar-refractivity contribution in [3.63, 3.8) is 0 Å². The van der Waals surface area contributed by atoms with Gasteiger partial charge in [0, 0.05) is 0 Å². The summed E-state index contributed by atoms with van der Waals surface area (Å²) in [6, 6.07) is 0. The van der Waals surface area contributed by atoms with Crippen LogP contribution >= 0.6 is 0 Å². The van der Waals surface area contributed by atoms with Gasteiger partial charge in [-0.1, -0.05) is 13.2 Å². The number of rotatable bonds is 7. The Bertz CT molecular complexity index is 174. The minimum atomic E-state index is -1.04. The largest absolute Gasteiger partial charge is 0.499 e. The topological polar surface area (TPSA) is 55.8 Å². The number of ether oxygens (including phenoxy) is 2. The van der Waals surface area contributed by atoms with Crippen molar-refractivity contribution in [3.8, 4) is 0 Å². The fourth-order valence-electron chi connectivity index (χ4n) is 0.447. The standard InChI is InChI=1S/C8H12O4/c1-3-11-4-5-12-6-7(2)8(9)10/h3H,1-2,4-6H2,(H,9,10). The van der Waals surface area contributed by atoms with E-state index in [-0.39, 0.29) is 12.2 Å². The molecule has 4 nitrogen and oxygen atoms in total. The van der Waals surface area contributed by atoms with Gasteiger partial charge in [-0.3, -0.25) is 0 Å². The SMILES string of the molecule is C=COCCOCC(=C)C(=O)O. The Hall–Kier alpha value is -1.29. The van der Waals surface area contributed by atoms with Crippen LogP contribution in [0.3, 0.4) is 0 Å². The Balaban J connectivity index is 3.25. The molecule has 68 valence electrons. The van der Waals surface area contributed by atoms with Crippen LogP contribution in [0, 0.1) is 0 Å². The quantitative estimate of drug-likeness (QED) is 0.350. The van der Waals surface area contributed by atoms with Gasteiger partial charge < -0.3 is 14.6 Å². The highest BCUT2D eigenvalue weighted by Crippen LogP contribution is 1.90. The van der Waals surface area contributed by atoms with Crippen molar-refractivity contribution in [1.29, 1.82) is 0 Å².